The molecule has 0 fully saturated rings. The number of thiocarbonyl (C=S) groups is 1. The van der Waals surface area contributed by atoms with Crippen LogP contribution in [-0.4, -0.2) is 11.1 Å². The van der Waals surface area contributed by atoms with Gasteiger partial charge in [0.05, 0.1) is 5.16 Å². The Labute approximate surface area is 89.8 Å². The van der Waals surface area contributed by atoms with Crippen molar-refractivity contribution in [2.75, 3.05) is 0 Å². The van der Waals surface area contributed by atoms with E-state index < -0.39 is 0 Å². The van der Waals surface area contributed by atoms with E-state index in [2.05, 4.69) is 38.3 Å². The highest BCUT2D eigenvalue weighted by Crippen LogP contribution is 2.16. The summed E-state index contributed by atoms with van der Waals surface area (Å²) in [7, 11) is 0. The van der Waals surface area contributed by atoms with E-state index in [4.69, 9.17) is 0 Å². The Morgan fingerprint density at radius 3 is 2.92 bits per heavy atom. The highest BCUT2D eigenvalue weighted by Gasteiger charge is 2.07. The van der Waals surface area contributed by atoms with E-state index in [1.165, 1.54) is 0 Å². The summed E-state index contributed by atoms with van der Waals surface area (Å²) in [6, 6.07) is 5.43. The molecule has 0 N–H and O–H groups in total. The SMILES string of the molecule is Cc1ccc(Br)cc1C(=O)N=C=S. The van der Waals surface area contributed by atoms with Crippen molar-refractivity contribution < 1.29 is 4.79 Å². The van der Waals surface area contributed by atoms with Gasteiger partial charge in [0.2, 0.25) is 0 Å². The van der Waals surface area contributed by atoms with Gasteiger partial charge in [0.15, 0.2) is 0 Å². The molecule has 0 aliphatic carbocycles. The minimum absolute atomic E-state index is 0.353. The first-order chi connectivity index (χ1) is 6.15. The third-order valence-electron chi connectivity index (χ3n) is 1.58. The Bertz CT molecular complexity index is 397. The maximum Gasteiger partial charge on any atom is 0.286 e. The maximum absolute atomic E-state index is 11.3. The van der Waals surface area contributed by atoms with Crippen molar-refractivity contribution in [2.24, 2.45) is 4.99 Å². The molecule has 0 saturated carbocycles. The van der Waals surface area contributed by atoms with Gasteiger partial charge in [-0.3, -0.25) is 4.79 Å². The van der Waals surface area contributed by atoms with Gasteiger partial charge in [0.25, 0.3) is 5.91 Å². The van der Waals surface area contributed by atoms with Gasteiger partial charge in [-0.05, 0) is 36.8 Å². The average molecular weight is 256 g/mol. The van der Waals surface area contributed by atoms with Gasteiger partial charge in [0, 0.05) is 10.0 Å². The normalized spacial score (nSPS) is 9.08. The number of carbonyl (C=O) groups is 1. The number of aliphatic imine (C=N–C) groups is 1. The molecule has 0 unspecified atom stereocenters. The van der Waals surface area contributed by atoms with Crippen LogP contribution in [0.25, 0.3) is 0 Å². The van der Waals surface area contributed by atoms with E-state index in [1.807, 2.05) is 19.1 Å². The van der Waals surface area contributed by atoms with Crippen molar-refractivity contribution in [1.82, 2.24) is 0 Å². The van der Waals surface area contributed by atoms with Crippen LogP contribution in [0.2, 0.25) is 0 Å². The topological polar surface area (TPSA) is 29.4 Å². The molecule has 1 aromatic rings. The lowest BCUT2D eigenvalue weighted by Crippen LogP contribution is -1.97. The number of rotatable bonds is 1. The number of carbonyl (C=O) groups excluding carboxylic acids is 1. The summed E-state index contributed by atoms with van der Waals surface area (Å²) >= 11 is 7.63. The van der Waals surface area contributed by atoms with Gasteiger partial charge in [-0.1, -0.05) is 22.0 Å². The van der Waals surface area contributed by atoms with Gasteiger partial charge in [-0.2, -0.15) is 4.99 Å². The second kappa shape index (κ2) is 4.42. The molecule has 0 heterocycles. The number of hydrogen-bond donors (Lipinski definition) is 0. The first-order valence-electron chi connectivity index (χ1n) is 3.53. The molecule has 1 rings (SSSR count). The Morgan fingerprint density at radius 2 is 2.31 bits per heavy atom. The quantitative estimate of drug-likeness (QED) is 0.571. The monoisotopic (exact) mass is 255 g/mol. The molecule has 13 heavy (non-hydrogen) atoms. The zero-order chi connectivity index (χ0) is 9.84. The average Bonchev–Trinajstić information content (AvgIpc) is 2.09. The van der Waals surface area contributed by atoms with Crippen molar-refractivity contribution >= 4 is 39.2 Å². The molecule has 0 saturated heterocycles. The van der Waals surface area contributed by atoms with Crippen LogP contribution in [0.4, 0.5) is 0 Å². The van der Waals surface area contributed by atoms with Crippen LogP contribution in [0.5, 0.6) is 0 Å². The van der Waals surface area contributed by atoms with Crippen molar-refractivity contribution in [3.05, 3.63) is 33.8 Å². The Hall–Kier alpha value is -0.830. The molecule has 0 radical (unpaired) electrons. The van der Waals surface area contributed by atoms with E-state index in [-0.39, 0.29) is 5.91 Å². The summed E-state index contributed by atoms with van der Waals surface area (Å²) in [5.41, 5.74) is 1.42. The summed E-state index contributed by atoms with van der Waals surface area (Å²) in [4.78, 5) is 14.7. The second-order valence-corrected chi connectivity index (χ2v) is 3.57. The first-order valence-corrected chi connectivity index (χ1v) is 4.73. The molecule has 2 nitrogen and oxygen atoms in total. The predicted octanol–water partition coefficient (Wildman–Crippen LogP) is 3.00. The molecule has 4 heteroatoms. The number of hydrogen-bond acceptors (Lipinski definition) is 2. The molecular weight excluding hydrogens is 250 g/mol. The fourth-order valence-electron chi connectivity index (χ4n) is 0.926. The molecule has 0 aliphatic rings. The lowest BCUT2D eigenvalue weighted by molar-refractivity contribution is 0.100. The van der Waals surface area contributed by atoms with Crippen LogP contribution in [0.1, 0.15) is 15.9 Å². The third kappa shape index (κ3) is 2.56. The minimum atomic E-state index is -0.353. The summed E-state index contributed by atoms with van der Waals surface area (Å²) in [5, 5.41) is 2.06. The standard InChI is InChI=1S/C9H6BrNOS/c1-6-2-3-7(10)4-8(6)9(12)11-5-13/h2-4H,1H3. The van der Waals surface area contributed by atoms with E-state index in [0.29, 0.717) is 5.56 Å². The number of amides is 1. The smallest absolute Gasteiger partial charge is 0.266 e. The number of halogens is 1. The molecule has 0 bridgehead atoms. The molecule has 1 aromatic carbocycles. The summed E-state index contributed by atoms with van der Waals surface area (Å²) in [5.74, 6) is -0.353. The Morgan fingerprint density at radius 1 is 1.62 bits per heavy atom. The highest BCUT2D eigenvalue weighted by atomic mass is 79.9. The fourth-order valence-corrected chi connectivity index (χ4v) is 1.37. The fraction of sp³-hybridized carbons (Fsp3) is 0.111. The molecule has 0 aromatic heterocycles. The highest BCUT2D eigenvalue weighted by molar-refractivity contribution is 9.10. The van der Waals surface area contributed by atoms with Crippen LogP contribution in [0.15, 0.2) is 27.7 Å². The largest absolute Gasteiger partial charge is 0.286 e. The van der Waals surface area contributed by atoms with E-state index in [1.54, 1.807) is 6.07 Å². The zero-order valence-corrected chi connectivity index (χ0v) is 9.28. The van der Waals surface area contributed by atoms with Crippen molar-refractivity contribution in [1.29, 1.82) is 0 Å². The van der Waals surface area contributed by atoms with Crippen LogP contribution in [-0.2, 0) is 0 Å². The molecule has 0 spiro atoms. The summed E-state index contributed by atoms with van der Waals surface area (Å²) in [6.07, 6.45) is 0. The molecule has 66 valence electrons. The van der Waals surface area contributed by atoms with Gasteiger partial charge in [-0.25, -0.2) is 0 Å². The number of benzene rings is 1. The Balaban J connectivity index is 3.20. The van der Waals surface area contributed by atoms with Crippen molar-refractivity contribution in [3.8, 4) is 0 Å². The number of aryl methyl sites for hydroxylation is 1. The van der Waals surface area contributed by atoms with Gasteiger partial charge in [-0.15, -0.1) is 0 Å². The van der Waals surface area contributed by atoms with Gasteiger partial charge < -0.3 is 0 Å². The first kappa shape index (κ1) is 10.3. The lowest BCUT2D eigenvalue weighted by Gasteiger charge is -2.00. The van der Waals surface area contributed by atoms with Gasteiger partial charge >= 0.3 is 0 Å². The van der Waals surface area contributed by atoms with Crippen molar-refractivity contribution in [2.45, 2.75) is 6.92 Å². The predicted molar refractivity (Wildman–Crippen MR) is 58.2 cm³/mol. The Kier molecular flexibility index (Phi) is 3.48. The van der Waals surface area contributed by atoms with Crippen LogP contribution >= 0.6 is 28.1 Å². The lowest BCUT2D eigenvalue weighted by atomic mass is 10.1. The third-order valence-corrected chi connectivity index (χ3v) is 2.16. The van der Waals surface area contributed by atoms with E-state index >= 15 is 0 Å². The summed E-state index contributed by atoms with van der Waals surface area (Å²) < 4.78 is 0.848. The maximum atomic E-state index is 11.3. The molecule has 1 amide bonds. The van der Waals surface area contributed by atoms with Crippen LogP contribution in [0.3, 0.4) is 0 Å². The van der Waals surface area contributed by atoms with E-state index in [9.17, 15) is 4.79 Å². The van der Waals surface area contributed by atoms with Gasteiger partial charge in [0.1, 0.15) is 0 Å². The number of nitrogens with zero attached hydrogens (tertiary/aromatic N) is 1. The number of isothiocyanates is 1. The van der Waals surface area contributed by atoms with Crippen LogP contribution < -0.4 is 0 Å². The van der Waals surface area contributed by atoms with E-state index in [0.717, 1.165) is 10.0 Å². The van der Waals surface area contributed by atoms with Crippen LogP contribution in [0, 0.1) is 6.92 Å². The molecular formula is C9H6BrNOS. The summed E-state index contributed by atoms with van der Waals surface area (Å²) in [6.45, 7) is 1.85. The second-order valence-electron chi connectivity index (χ2n) is 2.47. The zero-order valence-electron chi connectivity index (χ0n) is 6.87. The minimum Gasteiger partial charge on any atom is -0.266 e. The molecule has 0 atom stereocenters. The van der Waals surface area contributed by atoms with Crippen molar-refractivity contribution in [3.63, 3.8) is 0 Å². The molecule has 0 aliphatic heterocycles.